The molecule has 0 unspecified atom stereocenters. The number of hydrogen-bond donors (Lipinski definition) is 2. The Morgan fingerprint density at radius 1 is 1.14 bits per heavy atom. The normalized spacial score (nSPS) is 10.4. The smallest absolute Gasteiger partial charge is 0.323 e. The van der Waals surface area contributed by atoms with Crippen molar-refractivity contribution in [3.05, 3.63) is 65.9 Å². The van der Waals surface area contributed by atoms with Crippen LogP contribution >= 0.6 is 0 Å². The summed E-state index contributed by atoms with van der Waals surface area (Å²) in [5.41, 5.74) is 2.91. The summed E-state index contributed by atoms with van der Waals surface area (Å²) in [6, 6.07) is 14.9. The number of rotatable bonds is 4. The minimum absolute atomic E-state index is 0.299. The Hall–Kier alpha value is -2.75. The molecule has 4 heteroatoms. The monoisotopic (exact) mass is 282 g/mol. The largest absolute Gasteiger partial charge is 0.497 e. The number of nitrogens with one attached hydrogen (secondary N) is 2. The van der Waals surface area contributed by atoms with Crippen LogP contribution in [0.15, 0.2) is 54.7 Å². The molecule has 2 N–H and O–H groups in total. The molecule has 0 fully saturated rings. The van der Waals surface area contributed by atoms with Gasteiger partial charge in [-0.2, -0.15) is 0 Å². The van der Waals surface area contributed by atoms with Crippen molar-refractivity contribution >= 4 is 17.8 Å². The Balaban J connectivity index is 1.88. The van der Waals surface area contributed by atoms with Crippen LogP contribution in [0.2, 0.25) is 0 Å². The van der Waals surface area contributed by atoms with E-state index in [1.54, 1.807) is 25.4 Å². The van der Waals surface area contributed by atoms with E-state index in [2.05, 4.69) is 10.6 Å². The van der Waals surface area contributed by atoms with Crippen molar-refractivity contribution in [1.29, 1.82) is 0 Å². The summed E-state index contributed by atoms with van der Waals surface area (Å²) in [5, 5.41) is 5.39. The van der Waals surface area contributed by atoms with E-state index < -0.39 is 0 Å². The molecule has 21 heavy (non-hydrogen) atoms. The number of urea groups is 1. The van der Waals surface area contributed by atoms with E-state index >= 15 is 0 Å². The summed E-state index contributed by atoms with van der Waals surface area (Å²) in [7, 11) is 1.59. The first kappa shape index (κ1) is 14.7. The van der Waals surface area contributed by atoms with Gasteiger partial charge >= 0.3 is 6.03 Å². The van der Waals surface area contributed by atoms with Gasteiger partial charge in [0, 0.05) is 18.0 Å². The lowest BCUT2D eigenvalue weighted by Gasteiger charge is -2.06. The fourth-order valence-electron chi connectivity index (χ4n) is 1.76. The van der Waals surface area contributed by atoms with Crippen molar-refractivity contribution in [2.75, 3.05) is 12.4 Å². The SMILES string of the molecule is COc1cccc(NC(=O)N/C=C/c2ccc(C)cc2)c1. The number of methoxy groups -OCH3 is 1. The number of hydrogen-bond acceptors (Lipinski definition) is 2. The molecule has 0 aliphatic carbocycles. The first-order valence-corrected chi connectivity index (χ1v) is 6.62. The van der Waals surface area contributed by atoms with E-state index in [1.165, 1.54) is 5.56 Å². The van der Waals surface area contributed by atoms with Gasteiger partial charge < -0.3 is 15.4 Å². The molecule has 0 heterocycles. The third-order valence-corrected chi connectivity index (χ3v) is 2.90. The maximum absolute atomic E-state index is 11.7. The molecule has 0 spiro atoms. The molecule has 0 aliphatic rings. The highest BCUT2D eigenvalue weighted by Gasteiger charge is 2.00. The molecule has 0 saturated heterocycles. The summed E-state index contributed by atoms with van der Waals surface area (Å²) in [5.74, 6) is 0.697. The Labute approximate surface area is 124 Å². The molecule has 4 nitrogen and oxygen atoms in total. The van der Waals surface area contributed by atoms with E-state index in [0.717, 1.165) is 5.56 Å². The first-order valence-electron chi connectivity index (χ1n) is 6.62. The number of benzene rings is 2. The van der Waals surface area contributed by atoms with Crippen LogP contribution in [0.4, 0.5) is 10.5 Å². The second kappa shape index (κ2) is 7.14. The van der Waals surface area contributed by atoms with Crippen molar-refractivity contribution < 1.29 is 9.53 Å². The molecule has 2 aromatic carbocycles. The minimum Gasteiger partial charge on any atom is -0.497 e. The van der Waals surface area contributed by atoms with Gasteiger partial charge in [-0.15, -0.1) is 0 Å². The second-order valence-electron chi connectivity index (χ2n) is 4.57. The highest BCUT2D eigenvalue weighted by Crippen LogP contribution is 2.16. The molecular weight excluding hydrogens is 264 g/mol. The van der Waals surface area contributed by atoms with Gasteiger partial charge in [0.05, 0.1) is 7.11 Å². The van der Waals surface area contributed by atoms with Crippen LogP contribution in [0.1, 0.15) is 11.1 Å². The number of anilines is 1. The van der Waals surface area contributed by atoms with Crippen molar-refractivity contribution in [2.24, 2.45) is 0 Å². The maximum atomic E-state index is 11.7. The van der Waals surface area contributed by atoms with Crippen LogP contribution in [0.3, 0.4) is 0 Å². The number of amides is 2. The van der Waals surface area contributed by atoms with Crippen LogP contribution in [-0.4, -0.2) is 13.1 Å². The first-order chi connectivity index (χ1) is 10.2. The molecule has 2 aromatic rings. The van der Waals surface area contributed by atoms with Gasteiger partial charge in [-0.25, -0.2) is 4.79 Å². The van der Waals surface area contributed by atoms with E-state index in [9.17, 15) is 4.79 Å². The topological polar surface area (TPSA) is 50.4 Å². The van der Waals surface area contributed by atoms with E-state index in [1.807, 2.05) is 49.4 Å². The average molecular weight is 282 g/mol. The highest BCUT2D eigenvalue weighted by atomic mass is 16.5. The second-order valence-corrected chi connectivity index (χ2v) is 4.57. The van der Waals surface area contributed by atoms with Crippen molar-refractivity contribution in [1.82, 2.24) is 5.32 Å². The molecule has 0 aromatic heterocycles. The molecule has 108 valence electrons. The predicted octanol–water partition coefficient (Wildman–Crippen LogP) is 3.80. The van der Waals surface area contributed by atoms with Crippen LogP contribution in [0.25, 0.3) is 6.08 Å². The maximum Gasteiger partial charge on any atom is 0.323 e. The zero-order valence-electron chi connectivity index (χ0n) is 12.1. The summed E-state index contributed by atoms with van der Waals surface area (Å²) >= 11 is 0. The molecule has 2 rings (SSSR count). The molecule has 0 atom stereocenters. The molecule has 0 aliphatic heterocycles. The summed E-state index contributed by atoms with van der Waals surface area (Å²) in [6.07, 6.45) is 3.45. The van der Waals surface area contributed by atoms with Gasteiger partial charge in [-0.3, -0.25) is 0 Å². The lowest BCUT2D eigenvalue weighted by molar-refractivity contribution is 0.255. The lowest BCUT2D eigenvalue weighted by Crippen LogP contribution is -2.23. The highest BCUT2D eigenvalue weighted by molar-refractivity contribution is 5.90. The average Bonchev–Trinajstić information content (AvgIpc) is 2.49. The zero-order valence-corrected chi connectivity index (χ0v) is 12.1. The van der Waals surface area contributed by atoms with Crippen LogP contribution < -0.4 is 15.4 Å². The molecule has 0 radical (unpaired) electrons. The summed E-state index contributed by atoms with van der Waals surface area (Å²) in [6.45, 7) is 2.04. The van der Waals surface area contributed by atoms with E-state index in [4.69, 9.17) is 4.74 Å². The fourth-order valence-corrected chi connectivity index (χ4v) is 1.76. The van der Waals surface area contributed by atoms with Crippen molar-refractivity contribution in [2.45, 2.75) is 6.92 Å². The molecule has 2 amide bonds. The Morgan fingerprint density at radius 2 is 1.90 bits per heavy atom. The summed E-state index contributed by atoms with van der Waals surface area (Å²) in [4.78, 5) is 11.7. The zero-order chi connectivity index (χ0) is 15.1. The Bertz CT molecular complexity index is 633. The van der Waals surface area contributed by atoms with Crippen molar-refractivity contribution in [3.8, 4) is 5.75 Å². The quantitative estimate of drug-likeness (QED) is 0.896. The minimum atomic E-state index is -0.299. The van der Waals surface area contributed by atoms with Gasteiger partial charge in [-0.05, 0) is 30.7 Å². The van der Waals surface area contributed by atoms with Gasteiger partial charge in [0.1, 0.15) is 5.75 Å². The van der Waals surface area contributed by atoms with Crippen LogP contribution in [0.5, 0.6) is 5.75 Å². The third-order valence-electron chi connectivity index (χ3n) is 2.90. The van der Waals surface area contributed by atoms with Crippen molar-refractivity contribution in [3.63, 3.8) is 0 Å². The third kappa shape index (κ3) is 4.69. The van der Waals surface area contributed by atoms with Crippen LogP contribution in [-0.2, 0) is 0 Å². The molecular formula is C17H18N2O2. The summed E-state index contributed by atoms with van der Waals surface area (Å²) < 4.78 is 5.10. The van der Waals surface area contributed by atoms with Crippen LogP contribution in [0, 0.1) is 6.92 Å². The van der Waals surface area contributed by atoms with Gasteiger partial charge in [0.25, 0.3) is 0 Å². The van der Waals surface area contributed by atoms with Gasteiger partial charge in [0.15, 0.2) is 0 Å². The van der Waals surface area contributed by atoms with Gasteiger partial charge in [0.2, 0.25) is 0 Å². The lowest BCUT2D eigenvalue weighted by atomic mass is 10.1. The predicted molar refractivity (Wildman–Crippen MR) is 85.4 cm³/mol. The number of aryl methyl sites for hydroxylation is 1. The molecule has 0 saturated carbocycles. The van der Waals surface area contributed by atoms with Gasteiger partial charge in [-0.1, -0.05) is 35.9 Å². The van der Waals surface area contributed by atoms with E-state index in [0.29, 0.717) is 11.4 Å². The Kier molecular flexibility index (Phi) is 4.99. The Morgan fingerprint density at radius 3 is 2.62 bits per heavy atom. The number of ether oxygens (including phenoxy) is 1. The van der Waals surface area contributed by atoms with E-state index in [-0.39, 0.29) is 6.03 Å². The number of carbonyl (C=O) groups excluding carboxylic acids is 1. The molecule has 0 bridgehead atoms. The number of carbonyl (C=O) groups is 1. The fraction of sp³-hybridized carbons (Fsp3) is 0.118. The standard InChI is InChI=1S/C17H18N2O2/c1-13-6-8-14(9-7-13)10-11-18-17(20)19-15-4-3-5-16(12-15)21-2/h3-12H,1-2H3,(H2,18,19,20)/b11-10+.